The highest BCUT2D eigenvalue weighted by Crippen LogP contribution is 2.37. The summed E-state index contributed by atoms with van der Waals surface area (Å²) >= 11 is 6.17. The first kappa shape index (κ1) is 16.4. The average molecular weight is 364 g/mol. The summed E-state index contributed by atoms with van der Waals surface area (Å²) in [5.41, 5.74) is 2.54. The van der Waals surface area contributed by atoms with Crippen molar-refractivity contribution in [2.75, 3.05) is 12.4 Å². The highest BCUT2D eigenvalue weighted by molar-refractivity contribution is 6.39. The average Bonchev–Trinajstić information content (AvgIpc) is 2.66. The lowest BCUT2D eigenvalue weighted by Crippen LogP contribution is -2.22. The molecule has 4 rings (SSSR count). The van der Waals surface area contributed by atoms with E-state index in [0.717, 1.165) is 0 Å². The lowest BCUT2D eigenvalue weighted by molar-refractivity contribution is 0.0980. The molecule has 1 aliphatic rings. The van der Waals surface area contributed by atoms with Gasteiger partial charge < -0.3 is 10.1 Å². The number of anilines is 2. The van der Waals surface area contributed by atoms with Crippen molar-refractivity contribution < 1.29 is 14.3 Å². The Morgan fingerprint density at radius 3 is 2.15 bits per heavy atom. The van der Waals surface area contributed by atoms with Gasteiger partial charge in [0, 0.05) is 11.1 Å². The number of halogens is 1. The van der Waals surface area contributed by atoms with Crippen molar-refractivity contribution in [3.63, 3.8) is 0 Å². The fraction of sp³-hybridized carbons (Fsp3) is 0.0476. The molecule has 1 N–H and O–H groups in total. The van der Waals surface area contributed by atoms with E-state index < -0.39 is 0 Å². The monoisotopic (exact) mass is 363 g/mol. The zero-order valence-electron chi connectivity index (χ0n) is 13.9. The van der Waals surface area contributed by atoms with Gasteiger partial charge in [0.05, 0.1) is 34.6 Å². The molecule has 0 saturated heterocycles. The highest BCUT2D eigenvalue weighted by atomic mass is 35.5. The first-order chi connectivity index (χ1) is 12.6. The number of methoxy groups -OCH3 is 1. The van der Waals surface area contributed by atoms with Gasteiger partial charge >= 0.3 is 0 Å². The Morgan fingerprint density at radius 2 is 1.38 bits per heavy atom. The van der Waals surface area contributed by atoms with Crippen LogP contribution in [0.4, 0.5) is 11.4 Å². The predicted octanol–water partition coefficient (Wildman–Crippen LogP) is 4.87. The van der Waals surface area contributed by atoms with Crippen LogP contribution in [-0.4, -0.2) is 18.7 Å². The molecule has 0 fully saturated rings. The van der Waals surface area contributed by atoms with E-state index in [9.17, 15) is 9.59 Å². The fourth-order valence-corrected chi connectivity index (χ4v) is 3.46. The SMILES string of the molecule is COc1ccccc1Nc1cccc2c1C(=O)c1cccc(Cl)c1C2=O. The number of benzene rings is 3. The van der Waals surface area contributed by atoms with E-state index in [4.69, 9.17) is 16.3 Å². The minimum absolute atomic E-state index is 0.227. The van der Waals surface area contributed by atoms with Crippen LogP contribution in [0.1, 0.15) is 31.8 Å². The number of nitrogens with one attached hydrogen (secondary N) is 1. The second kappa shape index (κ2) is 6.32. The Balaban J connectivity index is 1.87. The molecule has 128 valence electrons. The molecule has 0 heterocycles. The third-order valence-corrected chi connectivity index (χ3v) is 4.71. The standard InChI is InChI=1S/C21H14ClNO3/c1-26-17-11-3-2-9-15(17)23-16-10-5-7-13-19(16)21(25)12-6-4-8-14(22)18(12)20(13)24/h2-11,23H,1H3. The predicted molar refractivity (Wildman–Crippen MR) is 101 cm³/mol. The molecule has 0 bridgehead atoms. The van der Waals surface area contributed by atoms with E-state index in [1.54, 1.807) is 43.5 Å². The molecule has 0 spiro atoms. The van der Waals surface area contributed by atoms with Crippen molar-refractivity contribution >= 4 is 34.5 Å². The maximum Gasteiger partial charge on any atom is 0.196 e. The summed E-state index contributed by atoms with van der Waals surface area (Å²) in [6.07, 6.45) is 0. The number of fused-ring (bicyclic) bond motifs is 2. The third-order valence-electron chi connectivity index (χ3n) is 4.40. The number of carbonyl (C=O) groups excluding carboxylic acids is 2. The van der Waals surface area contributed by atoms with Crippen LogP contribution in [0.2, 0.25) is 5.02 Å². The van der Waals surface area contributed by atoms with Crippen molar-refractivity contribution in [2.45, 2.75) is 0 Å². The van der Waals surface area contributed by atoms with E-state index in [2.05, 4.69) is 5.32 Å². The minimum atomic E-state index is -0.246. The van der Waals surface area contributed by atoms with Crippen molar-refractivity contribution in [1.29, 1.82) is 0 Å². The van der Waals surface area contributed by atoms with Crippen LogP contribution >= 0.6 is 11.6 Å². The number of ketones is 2. The molecule has 1 aliphatic carbocycles. The molecule has 0 atom stereocenters. The van der Waals surface area contributed by atoms with Gasteiger partial charge in [0.2, 0.25) is 0 Å². The second-order valence-corrected chi connectivity index (χ2v) is 6.28. The van der Waals surface area contributed by atoms with Crippen molar-refractivity contribution in [3.8, 4) is 5.75 Å². The number of rotatable bonds is 3. The van der Waals surface area contributed by atoms with Crippen molar-refractivity contribution in [3.05, 3.63) is 87.9 Å². The zero-order valence-corrected chi connectivity index (χ0v) is 14.6. The maximum absolute atomic E-state index is 13.1. The Morgan fingerprint density at radius 1 is 0.769 bits per heavy atom. The van der Waals surface area contributed by atoms with Crippen LogP contribution in [-0.2, 0) is 0 Å². The van der Waals surface area contributed by atoms with Gasteiger partial charge in [-0.15, -0.1) is 0 Å². The van der Waals surface area contributed by atoms with Gasteiger partial charge in [-0.25, -0.2) is 0 Å². The molecular weight excluding hydrogens is 350 g/mol. The number of carbonyl (C=O) groups is 2. The Kier molecular flexibility index (Phi) is 3.98. The van der Waals surface area contributed by atoms with Crippen LogP contribution in [0.3, 0.4) is 0 Å². The lowest BCUT2D eigenvalue weighted by atomic mass is 9.83. The van der Waals surface area contributed by atoms with E-state index in [-0.39, 0.29) is 22.2 Å². The largest absolute Gasteiger partial charge is 0.495 e. The number of para-hydroxylation sites is 2. The van der Waals surface area contributed by atoms with E-state index in [1.165, 1.54) is 0 Å². The summed E-state index contributed by atoms with van der Waals surface area (Å²) < 4.78 is 5.35. The smallest absolute Gasteiger partial charge is 0.196 e. The van der Waals surface area contributed by atoms with Crippen LogP contribution in [0.25, 0.3) is 0 Å². The van der Waals surface area contributed by atoms with Gasteiger partial charge in [-0.1, -0.05) is 48.0 Å². The number of hydrogen-bond acceptors (Lipinski definition) is 4. The molecule has 4 nitrogen and oxygen atoms in total. The van der Waals surface area contributed by atoms with Crippen molar-refractivity contribution in [1.82, 2.24) is 0 Å². The summed E-state index contributed by atoms with van der Waals surface area (Å²) in [4.78, 5) is 26.0. The Hall–Kier alpha value is -3.11. The molecule has 0 radical (unpaired) electrons. The maximum atomic E-state index is 13.1. The zero-order chi connectivity index (χ0) is 18.3. The summed E-state index contributed by atoms with van der Waals surface area (Å²) in [6.45, 7) is 0. The van der Waals surface area contributed by atoms with Gasteiger partial charge in [0.1, 0.15) is 5.75 Å². The number of ether oxygens (including phenoxy) is 1. The summed E-state index contributed by atoms with van der Waals surface area (Å²) in [6, 6.07) is 17.5. The minimum Gasteiger partial charge on any atom is -0.495 e. The van der Waals surface area contributed by atoms with Gasteiger partial charge in [0.15, 0.2) is 11.6 Å². The van der Waals surface area contributed by atoms with Gasteiger partial charge in [0.25, 0.3) is 0 Å². The van der Waals surface area contributed by atoms with E-state index in [1.807, 2.05) is 24.3 Å². The van der Waals surface area contributed by atoms with E-state index in [0.29, 0.717) is 33.8 Å². The van der Waals surface area contributed by atoms with Crippen LogP contribution in [0, 0.1) is 0 Å². The summed E-state index contributed by atoms with van der Waals surface area (Å²) in [7, 11) is 1.58. The molecular formula is C21H14ClNO3. The van der Waals surface area contributed by atoms with Crippen LogP contribution in [0.5, 0.6) is 5.75 Å². The van der Waals surface area contributed by atoms with Crippen LogP contribution in [0.15, 0.2) is 60.7 Å². The quantitative estimate of drug-likeness (QED) is 0.564. The fourth-order valence-electron chi connectivity index (χ4n) is 3.20. The molecule has 0 amide bonds. The first-order valence-electron chi connectivity index (χ1n) is 8.02. The molecule has 0 saturated carbocycles. The van der Waals surface area contributed by atoms with E-state index >= 15 is 0 Å². The Bertz CT molecular complexity index is 1060. The topological polar surface area (TPSA) is 55.4 Å². The Labute approximate surface area is 155 Å². The van der Waals surface area contributed by atoms with Crippen molar-refractivity contribution in [2.24, 2.45) is 0 Å². The molecule has 3 aromatic rings. The molecule has 0 aliphatic heterocycles. The molecule has 3 aromatic carbocycles. The first-order valence-corrected chi connectivity index (χ1v) is 8.40. The van der Waals surface area contributed by atoms with Gasteiger partial charge in [-0.3, -0.25) is 9.59 Å². The summed E-state index contributed by atoms with van der Waals surface area (Å²) in [5, 5.41) is 3.50. The van der Waals surface area contributed by atoms with Crippen LogP contribution < -0.4 is 10.1 Å². The lowest BCUT2D eigenvalue weighted by Gasteiger charge is -2.22. The van der Waals surface area contributed by atoms with Gasteiger partial charge in [-0.2, -0.15) is 0 Å². The second-order valence-electron chi connectivity index (χ2n) is 5.87. The number of hydrogen-bond donors (Lipinski definition) is 1. The molecule has 0 aromatic heterocycles. The third kappa shape index (κ3) is 2.47. The highest BCUT2D eigenvalue weighted by Gasteiger charge is 2.33. The summed E-state index contributed by atoms with van der Waals surface area (Å²) in [5.74, 6) is 0.169. The molecule has 26 heavy (non-hydrogen) atoms. The molecule has 5 heteroatoms. The normalized spacial score (nSPS) is 12.4. The van der Waals surface area contributed by atoms with Gasteiger partial charge in [-0.05, 0) is 24.3 Å². The molecule has 0 unspecified atom stereocenters.